The van der Waals surface area contributed by atoms with Gasteiger partial charge in [0.25, 0.3) is 0 Å². The number of carboxylic acid groups (broad SMARTS) is 1. The summed E-state index contributed by atoms with van der Waals surface area (Å²) in [6.45, 7) is 5.47. The molecule has 0 amide bonds. The summed E-state index contributed by atoms with van der Waals surface area (Å²) < 4.78 is 5.93. The quantitative estimate of drug-likeness (QED) is 0.731. The highest BCUT2D eigenvalue weighted by Gasteiger charge is 2.30. The first-order valence-corrected chi connectivity index (χ1v) is 4.19. The van der Waals surface area contributed by atoms with Gasteiger partial charge in [-0.1, -0.05) is 20.8 Å². The smallest absolute Gasteiger partial charge is 0.372 e. The molecule has 78 valence electrons. The first-order valence-electron chi connectivity index (χ1n) is 4.19. The third kappa shape index (κ3) is 1.57. The van der Waals surface area contributed by atoms with E-state index >= 15 is 0 Å². The van der Waals surface area contributed by atoms with Crippen LogP contribution >= 0.6 is 0 Å². The molecular weight excluding hydrogens is 186 g/mol. The third-order valence-electron chi connectivity index (χ3n) is 1.90. The maximum Gasteiger partial charge on any atom is 0.372 e. The Balaban J connectivity index is 3.57. The van der Waals surface area contributed by atoms with Gasteiger partial charge in [0.05, 0.1) is 5.69 Å². The summed E-state index contributed by atoms with van der Waals surface area (Å²) in [7, 11) is 1.52. The predicted octanol–water partition coefficient (Wildman–Crippen LogP) is 0.974. The van der Waals surface area contributed by atoms with Crippen LogP contribution in [0.2, 0.25) is 0 Å². The monoisotopic (exact) mass is 199 g/mol. The van der Waals surface area contributed by atoms with Gasteiger partial charge in [0.2, 0.25) is 0 Å². The predicted molar refractivity (Wildman–Crippen MR) is 49.6 cm³/mol. The molecule has 0 bridgehead atoms. The number of rotatable bonds is 1. The maximum atomic E-state index is 11.2. The second kappa shape index (κ2) is 3.01. The summed E-state index contributed by atoms with van der Waals surface area (Å²) in [6.07, 6.45) is 0. The molecule has 0 fully saturated rings. The molecule has 0 unspecified atom stereocenters. The van der Waals surface area contributed by atoms with Crippen LogP contribution in [0.4, 0.5) is 0 Å². The van der Waals surface area contributed by atoms with Gasteiger partial charge in [0, 0.05) is 12.5 Å². The van der Waals surface area contributed by atoms with Gasteiger partial charge in [-0.2, -0.15) is 0 Å². The van der Waals surface area contributed by atoms with Crippen molar-refractivity contribution in [2.45, 2.75) is 26.2 Å². The van der Waals surface area contributed by atoms with Crippen molar-refractivity contribution in [2.75, 3.05) is 0 Å². The van der Waals surface area contributed by atoms with Gasteiger partial charge in [-0.25, -0.2) is 14.3 Å². The molecule has 14 heavy (non-hydrogen) atoms. The Bertz CT molecular complexity index is 419. The van der Waals surface area contributed by atoms with E-state index in [1.807, 2.05) is 20.8 Å². The van der Waals surface area contributed by atoms with E-state index in [9.17, 15) is 9.59 Å². The molecule has 0 saturated heterocycles. The van der Waals surface area contributed by atoms with E-state index in [1.54, 1.807) is 0 Å². The molecule has 1 aromatic heterocycles. The summed E-state index contributed by atoms with van der Waals surface area (Å²) in [5.41, 5.74) is -1.12. The fourth-order valence-corrected chi connectivity index (χ4v) is 1.51. The summed E-state index contributed by atoms with van der Waals surface area (Å²) in [5.74, 6) is -1.25. The normalized spacial score (nSPS) is 11.7. The van der Waals surface area contributed by atoms with Crippen molar-refractivity contribution in [1.29, 1.82) is 0 Å². The van der Waals surface area contributed by atoms with Crippen LogP contribution in [0, 0.1) is 0 Å². The number of carboxylic acids is 1. The number of aromatic nitrogens is 1. The van der Waals surface area contributed by atoms with Crippen molar-refractivity contribution in [3.05, 3.63) is 21.7 Å². The molecule has 5 heteroatoms. The Kier molecular flexibility index (Phi) is 2.27. The highest BCUT2D eigenvalue weighted by molar-refractivity contribution is 5.88. The van der Waals surface area contributed by atoms with Crippen molar-refractivity contribution in [3.8, 4) is 0 Å². The van der Waals surface area contributed by atoms with Gasteiger partial charge in [-0.3, -0.25) is 0 Å². The van der Waals surface area contributed by atoms with Gasteiger partial charge < -0.3 is 9.63 Å². The molecule has 0 saturated carbocycles. The van der Waals surface area contributed by atoms with Crippen LogP contribution in [-0.2, 0) is 12.5 Å². The van der Waals surface area contributed by atoms with Crippen LogP contribution in [0.15, 0.2) is 9.32 Å². The lowest BCUT2D eigenvalue weighted by atomic mass is 9.89. The lowest BCUT2D eigenvalue weighted by molar-refractivity contribution is 0.0692. The van der Waals surface area contributed by atoms with Crippen molar-refractivity contribution in [3.63, 3.8) is 0 Å². The van der Waals surface area contributed by atoms with Crippen LogP contribution < -0.4 is 5.63 Å². The van der Waals surface area contributed by atoms with Gasteiger partial charge in [0.15, 0.2) is 5.56 Å². The number of aryl methyl sites for hydroxylation is 1. The first kappa shape index (κ1) is 10.6. The fourth-order valence-electron chi connectivity index (χ4n) is 1.51. The lowest BCUT2D eigenvalue weighted by Gasteiger charge is -2.18. The van der Waals surface area contributed by atoms with Crippen LogP contribution in [0.3, 0.4) is 0 Å². The van der Waals surface area contributed by atoms with E-state index in [0.717, 1.165) is 0 Å². The number of carbonyl (C=O) groups is 1. The van der Waals surface area contributed by atoms with Crippen LogP contribution in [0.5, 0.6) is 0 Å². The minimum Gasteiger partial charge on any atom is -0.477 e. The zero-order valence-corrected chi connectivity index (χ0v) is 8.62. The van der Waals surface area contributed by atoms with E-state index in [2.05, 4.69) is 0 Å². The Morgan fingerprint density at radius 2 is 1.93 bits per heavy atom. The Hall–Kier alpha value is -1.52. The molecule has 1 N–H and O–H groups in total. The molecule has 5 nitrogen and oxygen atoms in total. The number of hydrogen-bond acceptors (Lipinski definition) is 3. The van der Waals surface area contributed by atoms with Gasteiger partial charge in [0.1, 0.15) is 0 Å². The fraction of sp³-hybridized carbons (Fsp3) is 0.556. The molecular formula is C9H13NO4. The summed E-state index contributed by atoms with van der Waals surface area (Å²) >= 11 is 0. The Labute approximate surface area is 80.9 Å². The lowest BCUT2D eigenvalue weighted by Crippen LogP contribution is -2.21. The molecule has 0 spiro atoms. The molecule has 1 rings (SSSR count). The average molecular weight is 199 g/mol. The summed E-state index contributed by atoms with van der Waals surface area (Å²) in [5, 5.41) is 8.85. The number of nitrogens with zero attached hydrogens (tertiary/aromatic N) is 1. The third-order valence-corrected chi connectivity index (χ3v) is 1.90. The Morgan fingerprint density at radius 1 is 1.43 bits per heavy atom. The zero-order chi connectivity index (χ0) is 11.1. The van der Waals surface area contributed by atoms with Crippen molar-refractivity contribution >= 4 is 5.97 Å². The van der Waals surface area contributed by atoms with E-state index in [1.165, 1.54) is 11.8 Å². The molecule has 0 aliphatic rings. The van der Waals surface area contributed by atoms with Crippen LogP contribution in [-0.4, -0.2) is 15.8 Å². The van der Waals surface area contributed by atoms with E-state index in [0.29, 0.717) is 5.69 Å². The van der Waals surface area contributed by atoms with Gasteiger partial charge in [-0.05, 0) is 0 Å². The standard InChI is InChI=1S/C9H13NO4/c1-9(2,3)6-5(7(11)12)8(13)14-10(6)4/h1-4H3,(H,11,12). The highest BCUT2D eigenvalue weighted by Crippen LogP contribution is 2.23. The molecule has 0 aliphatic carbocycles. The minimum absolute atomic E-state index is 0.278. The average Bonchev–Trinajstić information content (AvgIpc) is 2.23. The number of hydrogen-bond donors (Lipinski definition) is 1. The first-order chi connectivity index (χ1) is 6.25. The second-order valence-electron chi connectivity index (χ2n) is 4.15. The van der Waals surface area contributed by atoms with Crippen molar-refractivity contribution < 1.29 is 14.4 Å². The molecule has 1 heterocycles. The molecule has 0 aromatic carbocycles. The number of aromatic carboxylic acids is 1. The Morgan fingerprint density at radius 3 is 2.21 bits per heavy atom. The van der Waals surface area contributed by atoms with Gasteiger partial charge in [-0.15, -0.1) is 0 Å². The topological polar surface area (TPSA) is 72.4 Å². The van der Waals surface area contributed by atoms with Gasteiger partial charge >= 0.3 is 11.6 Å². The highest BCUT2D eigenvalue weighted by atomic mass is 16.5. The second-order valence-corrected chi connectivity index (χ2v) is 4.15. The summed E-state index contributed by atoms with van der Waals surface area (Å²) in [4.78, 5) is 22.0. The minimum atomic E-state index is -1.25. The molecule has 0 radical (unpaired) electrons. The summed E-state index contributed by atoms with van der Waals surface area (Å²) in [6, 6.07) is 0. The SMILES string of the molecule is Cn1oc(=O)c(C(=O)O)c1C(C)(C)C. The van der Waals surface area contributed by atoms with E-state index in [-0.39, 0.29) is 5.56 Å². The van der Waals surface area contributed by atoms with E-state index in [4.69, 9.17) is 9.63 Å². The largest absolute Gasteiger partial charge is 0.477 e. The molecule has 1 aromatic rings. The van der Waals surface area contributed by atoms with Crippen LogP contribution in [0.1, 0.15) is 36.8 Å². The van der Waals surface area contributed by atoms with E-state index < -0.39 is 17.0 Å². The maximum absolute atomic E-state index is 11.2. The zero-order valence-electron chi connectivity index (χ0n) is 8.62. The van der Waals surface area contributed by atoms with Crippen LogP contribution in [0.25, 0.3) is 0 Å². The molecule has 0 aliphatic heterocycles. The van der Waals surface area contributed by atoms with Crippen molar-refractivity contribution in [2.24, 2.45) is 7.05 Å². The molecule has 0 atom stereocenters. The van der Waals surface area contributed by atoms with Crippen molar-refractivity contribution in [1.82, 2.24) is 4.74 Å².